The fourth-order valence-electron chi connectivity index (χ4n) is 4.30. The second kappa shape index (κ2) is 13.0. The standard InChI is InChI=1S/C32H29N3O4S/c1-3-38-25-9-6-8-23(17-25)30-18-28(27-11-4-5-12-29(27)34-30)32(36)35-33-19-22-13-14-31(37-2)24(16-22)20-40-21-26-10-7-15-39-26/h4-19H,3,20-21H2,1-2H3,(H,35,36)/b33-19+. The number of rotatable bonds is 11. The first-order valence-corrected chi connectivity index (χ1v) is 14.0. The number of aromatic nitrogens is 1. The van der Waals surface area contributed by atoms with Crippen LogP contribution in [0.1, 0.15) is 34.2 Å². The molecule has 1 N–H and O–H groups in total. The van der Waals surface area contributed by atoms with Gasteiger partial charge in [0.1, 0.15) is 17.3 Å². The number of hydrazone groups is 1. The van der Waals surface area contributed by atoms with E-state index in [2.05, 4.69) is 10.5 Å². The second-order valence-corrected chi connectivity index (χ2v) is 9.86. The van der Waals surface area contributed by atoms with Crippen LogP contribution in [-0.4, -0.2) is 30.8 Å². The molecule has 1 amide bonds. The minimum absolute atomic E-state index is 0.320. The highest BCUT2D eigenvalue weighted by Crippen LogP contribution is 2.28. The quantitative estimate of drug-likeness (QED) is 0.139. The maximum Gasteiger partial charge on any atom is 0.272 e. The molecule has 0 aliphatic carbocycles. The number of nitrogens with one attached hydrogen (secondary N) is 1. The normalized spacial score (nSPS) is 11.2. The van der Waals surface area contributed by atoms with E-state index in [-0.39, 0.29) is 5.91 Å². The first kappa shape index (κ1) is 27.0. The Morgan fingerprint density at radius 1 is 1.02 bits per heavy atom. The zero-order valence-electron chi connectivity index (χ0n) is 22.3. The molecule has 5 rings (SSSR count). The van der Waals surface area contributed by atoms with Crippen LogP contribution in [0.5, 0.6) is 11.5 Å². The Morgan fingerprint density at radius 2 is 1.93 bits per heavy atom. The van der Waals surface area contributed by atoms with Crippen molar-refractivity contribution in [3.05, 3.63) is 114 Å². The Hall–Kier alpha value is -4.56. The summed E-state index contributed by atoms with van der Waals surface area (Å²) in [6.07, 6.45) is 3.31. The number of ether oxygens (including phenoxy) is 2. The molecule has 0 aliphatic heterocycles. The number of thioether (sulfide) groups is 1. The molecular formula is C32H29N3O4S. The fraction of sp³-hybridized carbons (Fsp3) is 0.156. The van der Waals surface area contributed by atoms with Crippen molar-refractivity contribution in [2.24, 2.45) is 5.10 Å². The highest BCUT2D eigenvalue weighted by atomic mass is 32.2. The van der Waals surface area contributed by atoms with E-state index in [0.717, 1.165) is 56.4 Å². The molecule has 0 bridgehead atoms. The van der Waals surface area contributed by atoms with Crippen molar-refractivity contribution < 1.29 is 18.7 Å². The van der Waals surface area contributed by atoms with Crippen LogP contribution in [0.4, 0.5) is 0 Å². The number of pyridine rings is 1. The summed E-state index contributed by atoms with van der Waals surface area (Å²) in [5, 5.41) is 5.01. The summed E-state index contributed by atoms with van der Waals surface area (Å²) in [6.45, 7) is 2.51. The van der Waals surface area contributed by atoms with Gasteiger partial charge in [0.2, 0.25) is 0 Å². The number of para-hydroxylation sites is 1. The Bertz CT molecular complexity index is 1630. The molecule has 0 saturated carbocycles. The van der Waals surface area contributed by atoms with Gasteiger partial charge in [0, 0.05) is 22.3 Å². The molecule has 202 valence electrons. The Labute approximate surface area is 237 Å². The smallest absolute Gasteiger partial charge is 0.272 e. The lowest BCUT2D eigenvalue weighted by atomic mass is 10.0. The number of amides is 1. The summed E-state index contributed by atoms with van der Waals surface area (Å²) in [5.41, 5.74) is 7.34. The summed E-state index contributed by atoms with van der Waals surface area (Å²) in [5.74, 6) is 3.68. The summed E-state index contributed by atoms with van der Waals surface area (Å²) in [7, 11) is 1.66. The van der Waals surface area contributed by atoms with Gasteiger partial charge in [0.05, 0.1) is 48.7 Å². The third-order valence-electron chi connectivity index (χ3n) is 6.17. The van der Waals surface area contributed by atoms with Crippen LogP contribution in [0.2, 0.25) is 0 Å². The highest BCUT2D eigenvalue weighted by Gasteiger charge is 2.14. The van der Waals surface area contributed by atoms with E-state index in [9.17, 15) is 4.79 Å². The van der Waals surface area contributed by atoms with Crippen LogP contribution in [0.25, 0.3) is 22.2 Å². The second-order valence-electron chi connectivity index (χ2n) is 8.88. The molecule has 7 nitrogen and oxygen atoms in total. The number of hydrogen-bond donors (Lipinski definition) is 1. The van der Waals surface area contributed by atoms with E-state index < -0.39 is 0 Å². The summed E-state index contributed by atoms with van der Waals surface area (Å²) < 4.78 is 16.6. The molecular weight excluding hydrogens is 522 g/mol. The predicted octanol–water partition coefficient (Wildman–Crippen LogP) is 7.10. The highest BCUT2D eigenvalue weighted by molar-refractivity contribution is 7.97. The van der Waals surface area contributed by atoms with Gasteiger partial charge in [-0.25, -0.2) is 10.4 Å². The molecule has 0 radical (unpaired) electrons. The van der Waals surface area contributed by atoms with Gasteiger partial charge in [-0.1, -0.05) is 30.3 Å². The van der Waals surface area contributed by atoms with Crippen molar-refractivity contribution in [2.45, 2.75) is 18.4 Å². The van der Waals surface area contributed by atoms with E-state index >= 15 is 0 Å². The Balaban J connectivity index is 1.34. The molecule has 2 heterocycles. The van der Waals surface area contributed by atoms with Crippen LogP contribution in [0.3, 0.4) is 0 Å². The third kappa shape index (κ3) is 6.52. The van der Waals surface area contributed by atoms with Gasteiger partial charge in [0.15, 0.2) is 0 Å². The molecule has 8 heteroatoms. The predicted molar refractivity (Wildman–Crippen MR) is 160 cm³/mol. The van der Waals surface area contributed by atoms with Crippen molar-refractivity contribution in [1.29, 1.82) is 0 Å². The number of carbonyl (C=O) groups is 1. The SMILES string of the molecule is CCOc1cccc(-c2cc(C(=O)N/N=C/c3ccc(OC)c(CSCc4ccco4)c3)c3ccccc3n2)c1. The van der Waals surface area contributed by atoms with Gasteiger partial charge < -0.3 is 13.9 Å². The van der Waals surface area contributed by atoms with Crippen molar-refractivity contribution >= 4 is 34.8 Å². The van der Waals surface area contributed by atoms with Crippen LogP contribution in [0.15, 0.2) is 101 Å². The summed E-state index contributed by atoms with van der Waals surface area (Å²) >= 11 is 1.73. The lowest BCUT2D eigenvalue weighted by Crippen LogP contribution is -2.18. The third-order valence-corrected chi connectivity index (χ3v) is 7.17. The van der Waals surface area contributed by atoms with Crippen LogP contribution in [-0.2, 0) is 11.5 Å². The zero-order chi connectivity index (χ0) is 27.7. The molecule has 0 aliphatic rings. The van der Waals surface area contributed by atoms with E-state index in [0.29, 0.717) is 17.9 Å². The maximum absolute atomic E-state index is 13.3. The van der Waals surface area contributed by atoms with E-state index in [1.54, 1.807) is 37.4 Å². The van der Waals surface area contributed by atoms with Gasteiger partial charge in [-0.2, -0.15) is 5.10 Å². The first-order valence-electron chi connectivity index (χ1n) is 12.9. The minimum atomic E-state index is -0.320. The molecule has 40 heavy (non-hydrogen) atoms. The number of nitrogens with zero attached hydrogens (tertiary/aromatic N) is 2. The van der Waals surface area contributed by atoms with Gasteiger partial charge in [0.25, 0.3) is 5.91 Å². The van der Waals surface area contributed by atoms with Gasteiger partial charge >= 0.3 is 0 Å². The van der Waals surface area contributed by atoms with Crippen molar-refractivity contribution in [3.63, 3.8) is 0 Å². The van der Waals surface area contributed by atoms with E-state index in [4.69, 9.17) is 18.9 Å². The van der Waals surface area contributed by atoms with Crippen LogP contribution < -0.4 is 14.9 Å². The van der Waals surface area contributed by atoms with Crippen LogP contribution >= 0.6 is 11.8 Å². The van der Waals surface area contributed by atoms with Gasteiger partial charge in [-0.3, -0.25) is 4.79 Å². The average molecular weight is 552 g/mol. The van der Waals surface area contributed by atoms with Crippen molar-refractivity contribution in [3.8, 4) is 22.8 Å². The first-order chi connectivity index (χ1) is 19.6. The van der Waals surface area contributed by atoms with Gasteiger partial charge in [-0.15, -0.1) is 11.8 Å². The Kier molecular flexibility index (Phi) is 8.78. The summed E-state index contributed by atoms with van der Waals surface area (Å²) in [4.78, 5) is 18.1. The fourth-order valence-corrected chi connectivity index (χ4v) is 5.21. The lowest BCUT2D eigenvalue weighted by molar-refractivity contribution is 0.0956. The molecule has 0 saturated heterocycles. The monoisotopic (exact) mass is 551 g/mol. The number of methoxy groups -OCH3 is 1. The zero-order valence-corrected chi connectivity index (χ0v) is 23.1. The Morgan fingerprint density at radius 3 is 2.75 bits per heavy atom. The number of benzene rings is 3. The number of furan rings is 1. The van der Waals surface area contributed by atoms with Crippen molar-refractivity contribution in [2.75, 3.05) is 13.7 Å². The molecule has 0 unspecified atom stereocenters. The number of hydrogen-bond acceptors (Lipinski definition) is 7. The molecule has 5 aromatic rings. The van der Waals surface area contributed by atoms with Crippen LogP contribution in [0, 0.1) is 0 Å². The molecule has 0 spiro atoms. The molecule has 0 atom stereocenters. The van der Waals surface area contributed by atoms with E-state index in [1.165, 1.54) is 0 Å². The molecule has 0 fully saturated rings. The lowest BCUT2D eigenvalue weighted by Gasteiger charge is -2.10. The number of carbonyl (C=O) groups excluding carboxylic acids is 1. The van der Waals surface area contributed by atoms with Crippen molar-refractivity contribution in [1.82, 2.24) is 10.4 Å². The van der Waals surface area contributed by atoms with E-state index in [1.807, 2.05) is 85.8 Å². The molecule has 3 aromatic carbocycles. The largest absolute Gasteiger partial charge is 0.496 e. The summed E-state index contributed by atoms with van der Waals surface area (Å²) in [6, 6.07) is 26.7. The topological polar surface area (TPSA) is 86.0 Å². The molecule has 2 aromatic heterocycles. The minimum Gasteiger partial charge on any atom is -0.496 e. The maximum atomic E-state index is 13.3. The van der Waals surface area contributed by atoms with Gasteiger partial charge in [-0.05, 0) is 67.1 Å². The number of fused-ring (bicyclic) bond motifs is 1. The average Bonchev–Trinajstić information content (AvgIpc) is 3.51.